The van der Waals surface area contributed by atoms with Gasteiger partial charge in [-0.05, 0) is 37.4 Å². The highest BCUT2D eigenvalue weighted by atomic mass is 35.5. The average molecular weight is 371 g/mol. The van der Waals surface area contributed by atoms with Crippen molar-refractivity contribution in [1.82, 2.24) is 10.6 Å². The summed E-state index contributed by atoms with van der Waals surface area (Å²) in [6.07, 6.45) is 1.65. The van der Waals surface area contributed by atoms with Gasteiger partial charge in [-0.2, -0.15) is 0 Å². The number of methoxy groups -OCH3 is 1. The van der Waals surface area contributed by atoms with Gasteiger partial charge in [-0.25, -0.2) is 0 Å². The van der Waals surface area contributed by atoms with Gasteiger partial charge in [0, 0.05) is 13.7 Å². The van der Waals surface area contributed by atoms with Crippen LogP contribution in [0.5, 0.6) is 0 Å². The van der Waals surface area contributed by atoms with Gasteiger partial charge in [0.2, 0.25) is 5.91 Å². The smallest absolute Gasteiger partial charge is 0.228 e. The maximum Gasteiger partial charge on any atom is 0.228 e. The van der Waals surface area contributed by atoms with E-state index in [2.05, 4.69) is 29.7 Å². The van der Waals surface area contributed by atoms with Crippen LogP contribution in [0, 0.1) is 11.3 Å². The van der Waals surface area contributed by atoms with Crippen LogP contribution in [0.1, 0.15) is 25.3 Å². The number of carbonyl (C=O) groups excluding carboxylic acids is 1. The fraction of sp³-hybridized carbons (Fsp3) is 0.632. The van der Waals surface area contributed by atoms with Crippen LogP contribution in [-0.4, -0.2) is 45.9 Å². The number of rotatable bonds is 9. The summed E-state index contributed by atoms with van der Waals surface area (Å²) in [5.74, 6) is 0.389. The minimum Gasteiger partial charge on any atom is -0.384 e. The zero-order valence-electron chi connectivity index (χ0n) is 15.3. The van der Waals surface area contributed by atoms with E-state index in [0.717, 1.165) is 25.9 Å². The van der Waals surface area contributed by atoms with Gasteiger partial charge in [-0.15, -0.1) is 12.4 Å². The van der Waals surface area contributed by atoms with E-state index in [0.29, 0.717) is 26.4 Å². The van der Waals surface area contributed by atoms with Crippen LogP contribution < -0.4 is 10.6 Å². The molecule has 1 aromatic rings. The molecule has 1 amide bonds. The number of nitrogens with one attached hydrogen (secondary N) is 2. The van der Waals surface area contributed by atoms with E-state index in [1.165, 1.54) is 5.56 Å². The molecule has 0 saturated carbocycles. The molecular formula is C19H31ClN2O3. The lowest BCUT2D eigenvalue weighted by Gasteiger charge is -2.35. The van der Waals surface area contributed by atoms with E-state index in [1.54, 1.807) is 7.11 Å². The number of carbonyl (C=O) groups is 1. The van der Waals surface area contributed by atoms with Crippen LogP contribution in [0.3, 0.4) is 0 Å². The highest BCUT2D eigenvalue weighted by Gasteiger charge is 2.39. The molecule has 25 heavy (non-hydrogen) atoms. The molecule has 5 nitrogen and oxygen atoms in total. The number of hydrogen-bond acceptors (Lipinski definition) is 4. The molecule has 1 heterocycles. The predicted molar refractivity (Wildman–Crippen MR) is 102 cm³/mol. The summed E-state index contributed by atoms with van der Waals surface area (Å²) in [6, 6.07) is 10.1. The lowest BCUT2D eigenvalue weighted by molar-refractivity contribution is -0.136. The highest BCUT2D eigenvalue weighted by Crippen LogP contribution is 2.29. The van der Waals surface area contributed by atoms with Crippen molar-refractivity contribution in [2.45, 2.75) is 26.4 Å². The first kappa shape index (κ1) is 21.9. The number of halogens is 1. The zero-order valence-corrected chi connectivity index (χ0v) is 16.1. The fourth-order valence-electron chi connectivity index (χ4n) is 3.08. The van der Waals surface area contributed by atoms with E-state index in [4.69, 9.17) is 9.47 Å². The van der Waals surface area contributed by atoms with Gasteiger partial charge < -0.3 is 20.1 Å². The van der Waals surface area contributed by atoms with E-state index in [9.17, 15) is 4.79 Å². The van der Waals surface area contributed by atoms with Crippen molar-refractivity contribution < 1.29 is 14.3 Å². The van der Waals surface area contributed by atoms with Crippen molar-refractivity contribution in [3.05, 3.63) is 35.9 Å². The number of benzene rings is 1. The molecule has 0 radical (unpaired) electrons. The van der Waals surface area contributed by atoms with Gasteiger partial charge in [0.15, 0.2) is 0 Å². The van der Waals surface area contributed by atoms with Crippen LogP contribution in [-0.2, 0) is 20.9 Å². The first-order valence-electron chi connectivity index (χ1n) is 8.76. The van der Waals surface area contributed by atoms with Crippen molar-refractivity contribution in [1.29, 1.82) is 0 Å². The van der Waals surface area contributed by atoms with Crippen molar-refractivity contribution in [3.63, 3.8) is 0 Å². The Bertz CT molecular complexity index is 487. The second-order valence-electron chi connectivity index (χ2n) is 6.78. The Morgan fingerprint density at radius 3 is 2.60 bits per heavy atom. The van der Waals surface area contributed by atoms with Crippen molar-refractivity contribution in [3.8, 4) is 0 Å². The Kier molecular flexibility index (Phi) is 10.0. The summed E-state index contributed by atoms with van der Waals surface area (Å²) in [4.78, 5) is 12.7. The summed E-state index contributed by atoms with van der Waals surface area (Å²) in [6.45, 7) is 6.19. The summed E-state index contributed by atoms with van der Waals surface area (Å²) >= 11 is 0. The van der Waals surface area contributed by atoms with Gasteiger partial charge in [0.25, 0.3) is 0 Å². The first-order chi connectivity index (χ1) is 11.7. The topological polar surface area (TPSA) is 59.6 Å². The Morgan fingerprint density at radius 2 is 1.96 bits per heavy atom. The second kappa shape index (κ2) is 11.5. The summed E-state index contributed by atoms with van der Waals surface area (Å²) in [5, 5.41) is 6.41. The van der Waals surface area contributed by atoms with E-state index in [-0.39, 0.29) is 29.6 Å². The molecule has 1 aliphatic rings. The summed E-state index contributed by atoms with van der Waals surface area (Å²) in [7, 11) is 1.66. The molecule has 0 aromatic heterocycles. The van der Waals surface area contributed by atoms with Gasteiger partial charge in [-0.1, -0.05) is 37.3 Å². The lowest BCUT2D eigenvalue weighted by atomic mass is 9.78. The van der Waals surface area contributed by atoms with Crippen molar-refractivity contribution in [2.24, 2.45) is 11.3 Å². The molecule has 1 saturated heterocycles. The second-order valence-corrected chi connectivity index (χ2v) is 6.78. The number of piperidine rings is 1. The normalized spacial score (nSPS) is 17.4. The Morgan fingerprint density at radius 1 is 1.28 bits per heavy atom. The third-order valence-electron chi connectivity index (χ3n) is 4.59. The van der Waals surface area contributed by atoms with Crippen LogP contribution in [0.15, 0.2) is 30.3 Å². The highest BCUT2D eigenvalue weighted by molar-refractivity contribution is 5.85. The van der Waals surface area contributed by atoms with Crippen LogP contribution in [0.25, 0.3) is 0 Å². The van der Waals surface area contributed by atoms with Crippen molar-refractivity contribution in [2.75, 3.05) is 40.0 Å². The SMILES string of the molecule is COCC1(C(=O)NCC(C)COCc2ccccc2)CCNCC1.Cl. The maximum absolute atomic E-state index is 12.7. The average Bonchev–Trinajstić information content (AvgIpc) is 2.61. The van der Waals surface area contributed by atoms with E-state index in [1.807, 2.05) is 18.2 Å². The molecule has 0 bridgehead atoms. The molecule has 1 unspecified atom stereocenters. The Balaban J connectivity index is 0.00000312. The molecule has 0 aliphatic carbocycles. The van der Waals surface area contributed by atoms with Crippen molar-refractivity contribution >= 4 is 18.3 Å². The Labute approximate surface area is 157 Å². The third-order valence-corrected chi connectivity index (χ3v) is 4.59. The molecule has 1 atom stereocenters. The third kappa shape index (κ3) is 6.94. The molecule has 142 valence electrons. The molecule has 6 heteroatoms. The standard InChI is InChI=1S/C19H30N2O3.ClH/c1-16(13-24-14-17-6-4-3-5-7-17)12-21-18(22)19(15-23-2)8-10-20-11-9-19;/h3-7,16,20H,8-15H2,1-2H3,(H,21,22);1H. The summed E-state index contributed by atoms with van der Waals surface area (Å²) < 4.78 is 11.1. The van der Waals surface area contributed by atoms with Gasteiger partial charge in [0.1, 0.15) is 0 Å². The maximum atomic E-state index is 12.7. The minimum atomic E-state index is -0.384. The number of ether oxygens (including phenoxy) is 2. The molecular weight excluding hydrogens is 340 g/mol. The van der Waals surface area contributed by atoms with E-state index >= 15 is 0 Å². The molecule has 1 fully saturated rings. The van der Waals surface area contributed by atoms with Gasteiger partial charge in [-0.3, -0.25) is 4.79 Å². The quantitative estimate of drug-likeness (QED) is 0.700. The first-order valence-corrected chi connectivity index (χ1v) is 8.76. The van der Waals surface area contributed by atoms with Gasteiger partial charge >= 0.3 is 0 Å². The zero-order chi connectivity index (χ0) is 17.3. The molecule has 2 rings (SSSR count). The molecule has 1 aromatic carbocycles. The lowest BCUT2D eigenvalue weighted by Crippen LogP contribution is -2.51. The van der Waals surface area contributed by atoms with Crippen LogP contribution in [0.4, 0.5) is 0 Å². The monoisotopic (exact) mass is 370 g/mol. The number of hydrogen-bond donors (Lipinski definition) is 2. The van der Waals surface area contributed by atoms with Crippen LogP contribution >= 0.6 is 12.4 Å². The Hall–Kier alpha value is -1.14. The fourth-order valence-corrected chi connectivity index (χ4v) is 3.08. The molecule has 1 aliphatic heterocycles. The molecule has 2 N–H and O–H groups in total. The number of amides is 1. The van der Waals surface area contributed by atoms with Gasteiger partial charge in [0.05, 0.1) is 25.2 Å². The largest absolute Gasteiger partial charge is 0.384 e. The minimum absolute atomic E-state index is 0. The van der Waals surface area contributed by atoms with Crippen LogP contribution in [0.2, 0.25) is 0 Å². The predicted octanol–water partition coefficient (Wildman–Crippen LogP) is 2.39. The summed E-state index contributed by atoms with van der Waals surface area (Å²) in [5.41, 5.74) is 0.785. The molecule has 0 spiro atoms. The van der Waals surface area contributed by atoms with E-state index < -0.39 is 0 Å².